The first-order valence-electron chi connectivity index (χ1n) is 6.43. The van der Waals surface area contributed by atoms with Crippen LogP contribution in [0.25, 0.3) is 6.08 Å². The molecule has 1 rings (SSSR count). The van der Waals surface area contributed by atoms with Crippen molar-refractivity contribution in [1.29, 1.82) is 0 Å². The maximum atomic E-state index is 13.3. The summed E-state index contributed by atoms with van der Waals surface area (Å²) in [7, 11) is 1.72. The van der Waals surface area contributed by atoms with E-state index in [-0.39, 0.29) is 18.3 Å². The third kappa shape index (κ3) is 5.66. The van der Waals surface area contributed by atoms with Crippen LogP contribution in [-0.4, -0.2) is 36.1 Å². The summed E-state index contributed by atoms with van der Waals surface area (Å²) in [5.74, 6) is -0.482. The number of carbonyl (C=O) groups excluding carboxylic acids is 1. The van der Waals surface area contributed by atoms with Crippen LogP contribution in [0.15, 0.2) is 30.3 Å². The molecule has 0 radical (unpaired) electrons. The van der Waals surface area contributed by atoms with E-state index in [0.717, 1.165) is 19.3 Å². The molecule has 19 heavy (non-hydrogen) atoms. The highest BCUT2D eigenvalue weighted by molar-refractivity contribution is 5.91. The van der Waals surface area contributed by atoms with Gasteiger partial charge in [-0.15, -0.1) is 0 Å². The summed E-state index contributed by atoms with van der Waals surface area (Å²) < 4.78 is 13.3. The Morgan fingerprint density at radius 1 is 1.32 bits per heavy atom. The lowest BCUT2D eigenvalue weighted by atomic mass is 10.2. The zero-order valence-corrected chi connectivity index (χ0v) is 11.2. The number of aliphatic hydroxyl groups excluding tert-OH is 1. The fourth-order valence-corrected chi connectivity index (χ4v) is 1.65. The van der Waals surface area contributed by atoms with Gasteiger partial charge in [-0.1, -0.05) is 18.2 Å². The predicted octanol–water partition coefficient (Wildman–Crippen LogP) is 2.46. The van der Waals surface area contributed by atoms with Gasteiger partial charge in [0.15, 0.2) is 0 Å². The fraction of sp³-hybridized carbons (Fsp3) is 0.400. The summed E-state index contributed by atoms with van der Waals surface area (Å²) >= 11 is 0. The number of rotatable bonds is 7. The van der Waals surface area contributed by atoms with Crippen LogP contribution in [0, 0.1) is 5.82 Å². The average molecular weight is 265 g/mol. The van der Waals surface area contributed by atoms with E-state index in [1.807, 2.05) is 0 Å². The number of amides is 1. The number of carbonyl (C=O) groups is 1. The lowest BCUT2D eigenvalue weighted by Gasteiger charge is -2.14. The van der Waals surface area contributed by atoms with E-state index in [2.05, 4.69) is 0 Å². The Morgan fingerprint density at radius 3 is 2.74 bits per heavy atom. The second-order valence-electron chi connectivity index (χ2n) is 4.40. The Bertz CT molecular complexity index is 432. The van der Waals surface area contributed by atoms with Crippen molar-refractivity contribution in [2.45, 2.75) is 19.3 Å². The van der Waals surface area contributed by atoms with Crippen LogP contribution < -0.4 is 0 Å². The number of aliphatic hydroxyl groups is 1. The van der Waals surface area contributed by atoms with Crippen molar-refractivity contribution in [1.82, 2.24) is 4.90 Å². The molecular formula is C15H20FNO2. The Labute approximate surface area is 113 Å². The topological polar surface area (TPSA) is 40.5 Å². The summed E-state index contributed by atoms with van der Waals surface area (Å²) in [6.45, 7) is 0.825. The zero-order chi connectivity index (χ0) is 14.1. The van der Waals surface area contributed by atoms with Crippen molar-refractivity contribution < 1.29 is 14.3 Å². The second kappa shape index (κ2) is 8.43. The molecule has 0 saturated carbocycles. The highest BCUT2D eigenvalue weighted by atomic mass is 19.1. The number of hydrogen-bond acceptors (Lipinski definition) is 2. The molecular weight excluding hydrogens is 245 g/mol. The van der Waals surface area contributed by atoms with Gasteiger partial charge in [0.1, 0.15) is 5.82 Å². The van der Waals surface area contributed by atoms with Gasteiger partial charge in [0.25, 0.3) is 0 Å². The van der Waals surface area contributed by atoms with E-state index >= 15 is 0 Å². The van der Waals surface area contributed by atoms with E-state index < -0.39 is 0 Å². The highest BCUT2D eigenvalue weighted by Crippen LogP contribution is 2.08. The van der Waals surface area contributed by atoms with Crippen LogP contribution in [0.1, 0.15) is 24.8 Å². The Hall–Kier alpha value is -1.68. The number of hydrogen-bond donors (Lipinski definition) is 1. The molecule has 0 bridgehead atoms. The summed E-state index contributed by atoms with van der Waals surface area (Å²) in [6, 6.07) is 6.33. The Balaban J connectivity index is 2.43. The third-order valence-corrected chi connectivity index (χ3v) is 2.84. The van der Waals surface area contributed by atoms with Crippen molar-refractivity contribution in [3.05, 3.63) is 41.7 Å². The van der Waals surface area contributed by atoms with Gasteiger partial charge in [-0.2, -0.15) is 0 Å². The van der Waals surface area contributed by atoms with E-state index in [1.54, 1.807) is 30.1 Å². The maximum absolute atomic E-state index is 13.3. The van der Waals surface area contributed by atoms with E-state index in [0.29, 0.717) is 12.1 Å². The molecule has 1 amide bonds. The molecule has 0 heterocycles. The minimum Gasteiger partial charge on any atom is -0.396 e. The van der Waals surface area contributed by atoms with Crippen molar-refractivity contribution in [3.8, 4) is 0 Å². The van der Waals surface area contributed by atoms with Gasteiger partial charge in [0.05, 0.1) is 0 Å². The molecule has 0 aliphatic heterocycles. The molecule has 0 spiro atoms. The van der Waals surface area contributed by atoms with E-state index in [9.17, 15) is 9.18 Å². The van der Waals surface area contributed by atoms with Crippen molar-refractivity contribution in [2.24, 2.45) is 0 Å². The molecule has 0 saturated heterocycles. The highest BCUT2D eigenvalue weighted by Gasteiger charge is 2.04. The standard InChI is InChI=1S/C15H20FNO2/c1-17(11-5-2-6-12-18)15(19)10-9-13-7-3-4-8-14(13)16/h3-4,7-10,18H,2,5-6,11-12H2,1H3/b10-9+. The fourth-order valence-electron chi connectivity index (χ4n) is 1.65. The Morgan fingerprint density at radius 2 is 2.05 bits per heavy atom. The molecule has 0 aliphatic carbocycles. The SMILES string of the molecule is CN(CCCCCO)C(=O)/C=C/c1ccccc1F. The lowest BCUT2D eigenvalue weighted by Crippen LogP contribution is -2.25. The molecule has 0 aromatic heterocycles. The first kappa shape index (κ1) is 15.4. The van der Waals surface area contributed by atoms with Gasteiger partial charge < -0.3 is 10.0 Å². The van der Waals surface area contributed by atoms with Gasteiger partial charge in [0.2, 0.25) is 5.91 Å². The van der Waals surface area contributed by atoms with Crippen LogP contribution in [0.4, 0.5) is 4.39 Å². The number of likely N-dealkylation sites (N-methyl/N-ethyl adjacent to an activating group) is 1. The minimum absolute atomic E-state index is 0.146. The summed E-state index contributed by atoms with van der Waals surface area (Å²) in [6.07, 6.45) is 5.38. The molecule has 0 atom stereocenters. The molecule has 1 aromatic carbocycles. The smallest absolute Gasteiger partial charge is 0.246 e. The monoisotopic (exact) mass is 265 g/mol. The van der Waals surface area contributed by atoms with E-state index in [4.69, 9.17) is 5.11 Å². The number of benzene rings is 1. The van der Waals surface area contributed by atoms with Gasteiger partial charge in [-0.05, 0) is 31.4 Å². The predicted molar refractivity (Wildman–Crippen MR) is 74.0 cm³/mol. The Kier molecular flexibility index (Phi) is 6.82. The van der Waals surface area contributed by atoms with Crippen LogP contribution in [0.5, 0.6) is 0 Å². The van der Waals surface area contributed by atoms with Crippen LogP contribution in [0.3, 0.4) is 0 Å². The first-order valence-corrected chi connectivity index (χ1v) is 6.43. The normalized spacial score (nSPS) is 10.9. The molecule has 0 fully saturated rings. The minimum atomic E-state index is -0.336. The van der Waals surface area contributed by atoms with Crippen molar-refractivity contribution >= 4 is 12.0 Å². The van der Waals surface area contributed by atoms with Crippen molar-refractivity contribution in [3.63, 3.8) is 0 Å². The van der Waals surface area contributed by atoms with Gasteiger partial charge >= 0.3 is 0 Å². The quantitative estimate of drug-likeness (QED) is 0.607. The number of halogens is 1. The molecule has 1 aromatic rings. The van der Waals surface area contributed by atoms with Crippen LogP contribution in [-0.2, 0) is 4.79 Å². The summed E-state index contributed by atoms with van der Waals surface area (Å²) in [4.78, 5) is 13.4. The summed E-state index contributed by atoms with van der Waals surface area (Å²) in [5, 5.41) is 8.65. The van der Waals surface area contributed by atoms with E-state index in [1.165, 1.54) is 18.2 Å². The van der Waals surface area contributed by atoms with Gasteiger partial charge in [-0.3, -0.25) is 4.79 Å². The maximum Gasteiger partial charge on any atom is 0.246 e. The molecule has 0 aliphatic rings. The molecule has 3 nitrogen and oxygen atoms in total. The lowest BCUT2D eigenvalue weighted by molar-refractivity contribution is -0.124. The van der Waals surface area contributed by atoms with Crippen LogP contribution in [0.2, 0.25) is 0 Å². The van der Waals surface area contributed by atoms with Gasteiger partial charge in [0, 0.05) is 31.8 Å². The molecule has 1 N–H and O–H groups in total. The third-order valence-electron chi connectivity index (χ3n) is 2.84. The average Bonchev–Trinajstić information content (AvgIpc) is 2.42. The van der Waals surface area contributed by atoms with Crippen LogP contribution >= 0.6 is 0 Å². The van der Waals surface area contributed by atoms with Crippen molar-refractivity contribution in [2.75, 3.05) is 20.2 Å². The molecule has 4 heteroatoms. The van der Waals surface area contributed by atoms with Gasteiger partial charge in [-0.25, -0.2) is 4.39 Å². The largest absolute Gasteiger partial charge is 0.396 e. The first-order chi connectivity index (χ1) is 9.15. The summed E-state index contributed by atoms with van der Waals surface area (Å²) in [5.41, 5.74) is 0.407. The second-order valence-corrected chi connectivity index (χ2v) is 4.40. The molecule has 0 unspecified atom stereocenters. The number of unbranched alkanes of at least 4 members (excludes halogenated alkanes) is 2. The zero-order valence-electron chi connectivity index (χ0n) is 11.2. The number of nitrogens with zero attached hydrogens (tertiary/aromatic N) is 1. The molecule has 104 valence electrons.